The molecule has 9 nitrogen and oxygen atoms in total. The van der Waals surface area contributed by atoms with Gasteiger partial charge >= 0.3 is 41.5 Å². The number of benzene rings is 3. The van der Waals surface area contributed by atoms with Crippen molar-refractivity contribution in [3.05, 3.63) is 90.0 Å². The second-order valence-corrected chi connectivity index (χ2v) is 6.86. The monoisotopic (exact) mass is 458 g/mol. The van der Waals surface area contributed by atoms with Crippen molar-refractivity contribution in [2.45, 2.75) is 4.90 Å². The van der Waals surface area contributed by atoms with Gasteiger partial charge in [0.25, 0.3) is 10.1 Å². The van der Waals surface area contributed by atoms with Gasteiger partial charge in [0.1, 0.15) is 16.4 Å². The molecular weight excluding hydrogens is 439 g/mol. The van der Waals surface area contributed by atoms with Crippen LogP contribution in [0, 0.1) is 0 Å². The molecular formula is C20H19NaO9S. The van der Waals surface area contributed by atoms with E-state index in [0.717, 1.165) is 18.2 Å². The molecule has 0 atom stereocenters. The van der Waals surface area contributed by atoms with Crippen LogP contribution in [0.2, 0.25) is 0 Å². The van der Waals surface area contributed by atoms with Gasteiger partial charge in [-0.25, -0.2) is 9.59 Å². The van der Waals surface area contributed by atoms with E-state index in [4.69, 9.17) is 25.0 Å². The van der Waals surface area contributed by atoms with Gasteiger partial charge in [-0.1, -0.05) is 36.4 Å². The van der Waals surface area contributed by atoms with Crippen molar-refractivity contribution in [3.8, 4) is 11.5 Å². The summed E-state index contributed by atoms with van der Waals surface area (Å²) in [5, 5.41) is 34.5. The number of carboxylic acids is 2. The fourth-order valence-corrected chi connectivity index (χ4v) is 2.47. The van der Waals surface area contributed by atoms with E-state index < -0.39 is 32.7 Å². The SMILES string of the molecule is O=C(O)c1ccccc1.O=C(O)c1ccccc1.O=S(=O)(O)c1cc(O)ccc1O.[NaH]. The molecule has 5 N–H and O–H groups in total. The van der Waals surface area contributed by atoms with Crippen LogP contribution in [0.1, 0.15) is 20.7 Å². The van der Waals surface area contributed by atoms with E-state index in [-0.39, 0.29) is 35.3 Å². The molecule has 0 saturated heterocycles. The Balaban J connectivity index is 0.000000435. The molecule has 31 heavy (non-hydrogen) atoms. The van der Waals surface area contributed by atoms with Crippen LogP contribution in [-0.2, 0) is 10.1 Å². The Kier molecular flexibility index (Phi) is 12.2. The van der Waals surface area contributed by atoms with Gasteiger partial charge < -0.3 is 20.4 Å². The van der Waals surface area contributed by atoms with Crippen LogP contribution in [0.5, 0.6) is 11.5 Å². The first kappa shape index (κ1) is 28.1. The number of hydrogen-bond donors (Lipinski definition) is 5. The third-order valence-corrected chi connectivity index (χ3v) is 4.15. The average Bonchev–Trinajstić information content (AvgIpc) is 2.71. The van der Waals surface area contributed by atoms with Crippen LogP contribution < -0.4 is 0 Å². The Bertz CT molecular complexity index is 1040. The molecule has 160 valence electrons. The zero-order valence-electron chi connectivity index (χ0n) is 15.3. The Morgan fingerprint density at radius 2 is 1.06 bits per heavy atom. The number of hydrogen-bond acceptors (Lipinski definition) is 6. The topological polar surface area (TPSA) is 169 Å². The minimum atomic E-state index is -4.47. The molecule has 3 aromatic carbocycles. The van der Waals surface area contributed by atoms with Gasteiger partial charge in [0.2, 0.25) is 0 Å². The summed E-state index contributed by atoms with van der Waals surface area (Å²) < 4.78 is 29.5. The summed E-state index contributed by atoms with van der Waals surface area (Å²) >= 11 is 0. The summed E-state index contributed by atoms with van der Waals surface area (Å²) in [5.41, 5.74) is 0.662. The first-order valence-electron chi connectivity index (χ1n) is 8.08. The van der Waals surface area contributed by atoms with E-state index in [1.54, 1.807) is 60.7 Å². The number of aromatic carboxylic acids is 2. The predicted molar refractivity (Wildman–Crippen MR) is 114 cm³/mol. The number of carbonyl (C=O) groups is 2. The van der Waals surface area contributed by atoms with Gasteiger partial charge in [0, 0.05) is 6.07 Å². The molecule has 0 aromatic heterocycles. The molecule has 0 unspecified atom stereocenters. The normalized spacial score (nSPS) is 9.58. The maximum absolute atomic E-state index is 10.5. The van der Waals surface area contributed by atoms with Crippen LogP contribution >= 0.6 is 0 Å². The first-order valence-corrected chi connectivity index (χ1v) is 9.52. The van der Waals surface area contributed by atoms with Crippen LogP contribution in [0.25, 0.3) is 0 Å². The van der Waals surface area contributed by atoms with Gasteiger partial charge in [0.05, 0.1) is 11.1 Å². The molecule has 0 aliphatic carbocycles. The zero-order valence-corrected chi connectivity index (χ0v) is 16.1. The second-order valence-electron chi connectivity index (χ2n) is 5.47. The second kappa shape index (κ2) is 13.4. The number of carboxylic acid groups (broad SMARTS) is 2. The summed E-state index contributed by atoms with van der Waals surface area (Å²) in [6.07, 6.45) is 0. The summed E-state index contributed by atoms with van der Waals surface area (Å²) in [5.74, 6) is -2.71. The van der Waals surface area contributed by atoms with Gasteiger partial charge in [-0.05, 0) is 36.4 Å². The summed E-state index contributed by atoms with van der Waals surface area (Å²) in [4.78, 5) is 19.7. The van der Waals surface area contributed by atoms with E-state index in [2.05, 4.69) is 0 Å². The van der Waals surface area contributed by atoms with E-state index in [1.165, 1.54) is 0 Å². The van der Waals surface area contributed by atoms with Gasteiger partial charge in [-0.3, -0.25) is 4.55 Å². The molecule has 0 aliphatic rings. The van der Waals surface area contributed by atoms with Crippen LogP contribution in [0.4, 0.5) is 0 Å². The van der Waals surface area contributed by atoms with E-state index >= 15 is 0 Å². The van der Waals surface area contributed by atoms with Crippen molar-refractivity contribution in [1.82, 2.24) is 0 Å². The zero-order chi connectivity index (χ0) is 22.7. The maximum atomic E-state index is 10.5. The minimum absolute atomic E-state index is 0. The Morgan fingerprint density at radius 1 is 0.677 bits per heavy atom. The first-order chi connectivity index (χ1) is 14.0. The summed E-state index contributed by atoms with van der Waals surface area (Å²) in [7, 11) is -4.47. The quantitative estimate of drug-likeness (QED) is 0.225. The van der Waals surface area contributed by atoms with E-state index in [9.17, 15) is 18.0 Å². The fourth-order valence-electron chi connectivity index (χ4n) is 1.87. The van der Waals surface area contributed by atoms with Gasteiger partial charge in [-0.15, -0.1) is 0 Å². The van der Waals surface area contributed by atoms with Crippen LogP contribution in [-0.4, -0.2) is 74.9 Å². The standard InChI is InChI=1S/2C7H6O2.C6H6O5S.Na.H/c2*8-7(9)6-4-2-1-3-5-6;7-4-1-2-5(8)6(3-4)12(9,10)11;;/h2*1-5H,(H,8,9);1-3,7-8H,(H,9,10,11);;. The van der Waals surface area contributed by atoms with Gasteiger partial charge in [-0.2, -0.15) is 8.42 Å². The van der Waals surface area contributed by atoms with E-state index in [0.29, 0.717) is 11.1 Å². The molecule has 0 amide bonds. The third kappa shape index (κ3) is 10.6. The molecule has 0 saturated carbocycles. The Morgan fingerprint density at radius 3 is 1.32 bits per heavy atom. The number of phenolic OH excluding ortho intramolecular Hbond substituents is 2. The van der Waals surface area contributed by atoms with Crippen molar-refractivity contribution in [2.24, 2.45) is 0 Å². The molecule has 0 bridgehead atoms. The molecule has 0 fully saturated rings. The third-order valence-electron chi connectivity index (χ3n) is 3.26. The molecule has 0 radical (unpaired) electrons. The van der Waals surface area contributed by atoms with Crippen molar-refractivity contribution in [1.29, 1.82) is 0 Å². The average molecular weight is 458 g/mol. The molecule has 3 aromatic rings. The molecule has 0 heterocycles. The van der Waals surface area contributed by atoms with E-state index in [1.807, 2.05) is 0 Å². The number of phenols is 2. The van der Waals surface area contributed by atoms with Crippen molar-refractivity contribution in [3.63, 3.8) is 0 Å². The predicted octanol–water partition coefficient (Wildman–Crippen LogP) is 2.47. The van der Waals surface area contributed by atoms with Crippen LogP contribution in [0.3, 0.4) is 0 Å². The Labute approximate surface area is 200 Å². The molecule has 0 aliphatic heterocycles. The van der Waals surface area contributed by atoms with Crippen LogP contribution in [0.15, 0.2) is 83.8 Å². The number of aromatic hydroxyl groups is 2. The van der Waals surface area contributed by atoms with Crippen molar-refractivity contribution < 1.29 is 43.0 Å². The Hall–Kier alpha value is -2.89. The fraction of sp³-hybridized carbons (Fsp3) is 0. The number of rotatable bonds is 3. The summed E-state index contributed by atoms with van der Waals surface area (Å²) in [6.45, 7) is 0. The van der Waals surface area contributed by atoms with Gasteiger partial charge in [0.15, 0.2) is 0 Å². The molecule has 3 rings (SSSR count). The molecule has 0 spiro atoms. The van der Waals surface area contributed by atoms with Crippen molar-refractivity contribution >= 4 is 51.6 Å². The molecule has 11 heteroatoms. The summed E-state index contributed by atoms with van der Waals surface area (Å²) in [6, 6.07) is 19.4. The van der Waals surface area contributed by atoms with Crippen molar-refractivity contribution in [2.75, 3.05) is 0 Å².